The lowest BCUT2D eigenvalue weighted by molar-refractivity contribution is 0.0963. The van der Waals surface area contributed by atoms with E-state index in [0.29, 0.717) is 12.1 Å². The van der Waals surface area contributed by atoms with Gasteiger partial charge in [0.2, 0.25) is 0 Å². The number of guanidine groups is 1. The standard InChI is InChI=1S/C21H25BrN4O/c1-23-19(27)16-7-5-6-15(12-16)13-25-20(24-2)26-14-21(10-11-21)17-8-3-4-9-18(17)22/h3-9,12H,10-11,13-14H2,1-2H3,(H,23,27)(H2,24,25,26). The maximum Gasteiger partial charge on any atom is 0.251 e. The topological polar surface area (TPSA) is 65.5 Å². The molecule has 6 heteroatoms. The maximum absolute atomic E-state index is 11.8. The van der Waals surface area contributed by atoms with Crippen LogP contribution in [0.25, 0.3) is 0 Å². The van der Waals surface area contributed by atoms with E-state index >= 15 is 0 Å². The highest BCUT2D eigenvalue weighted by atomic mass is 79.9. The molecule has 3 N–H and O–H groups in total. The van der Waals surface area contributed by atoms with Gasteiger partial charge in [0.15, 0.2) is 5.96 Å². The Morgan fingerprint density at radius 3 is 2.59 bits per heavy atom. The fourth-order valence-corrected chi connectivity index (χ4v) is 3.92. The van der Waals surface area contributed by atoms with Gasteiger partial charge in [-0.2, -0.15) is 0 Å². The second-order valence-corrected chi connectivity index (χ2v) is 7.67. The Hall–Kier alpha value is -2.34. The van der Waals surface area contributed by atoms with Crippen LogP contribution in [0.15, 0.2) is 58.0 Å². The van der Waals surface area contributed by atoms with Crippen LogP contribution in [-0.2, 0) is 12.0 Å². The van der Waals surface area contributed by atoms with Gasteiger partial charge in [-0.15, -0.1) is 0 Å². The van der Waals surface area contributed by atoms with Crippen LogP contribution >= 0.6 is 15.9 Å². The van der Waals surface area contributed by atoms with Crippen molar-refractivity contribution in [3.63, 3.8) is 0 Å². The van der Waals surface area contributed by atoms with Crippen molar-refractivity contribution in [1.82, 2.24) is 16.0 Å². The van der Waals surface area contributed by atoms with Crippen molar-refractivity contribution in [3.05, 3.63) is 69.7 Å². The number of rotatable bonds is 6. The molecule has 0 saturated heterocycles. The minimum atomic E-state index is -0.0801. The fraction of sp³-hybridized carbons (Fsp3) is 0.333. The Labute approximate surface area is 168 Å². The highest BCUT2D eigenvalue weighted by Crippen LogP contribution is 2.49. The van der Waals surface area contributed by atoms with Gasteiger partial charge in [0.25, 0.3) is 5.91 Å². The molecule has 142 valence electrons. The van der Waals surface area contributed by atoms with Crippen LogP contribution in [0.5, 0.6) is 0 Å². The van der Waals surface area contributed by atoms with E-state index in [4.69, 9.17) is 0 Å². The highest BCUT2D eigenvalue weighted by Gasteiger charge is 2.45. The lowest BCUT2D eigenvalue weighted by Gasteiger charge is -2.20. The van der Waals surface area contributed by atoms with E-state index < -0.39 is 0 Å². The Bertz CT molecular complexity index is 846. The van der Waals surface area contributed by atoms with Gasteiger partial charge in [0.1, 0.15) is 0 Å². The van der Waals surface area contributed by atoms with Crippen LogP contribution in [0.4, 0.5) is 0 Å². The Morgan fingerprint density at radius 1 is 1.15 bits per heavy atom. The number of nitrogens with zero attached hydrogens (tertiary/aromatic N) is 1. The van der Waals surface area contributed by atoms with Crippen LogP contribution in [-0.4, -0.2) is 32.5 Å². The third-order valence-corrected chi connectivity index (χ3v) is 5.68. The molecule has 0 bridgehead atoms. The van der Waals surface area contributed by atoms with Crippen LogP contribution in [0.2, 0.25) is 0 Å². The summed E-state index contributed by atoms with van der Waals surface area (Å²) in [7, 11) is 3.41. The first-order chi connectivity index (χ1) is 13.1. The summed E-state index contributed by atoms with van der Waals surface area (Å²) in [6.07, 6.45) is 2.35. The summed E-state index contributed by atoms with van der Waals surface area (Å²) in [5.41, 5.74) is 3.22. The zero-order valence-corrected chi connectivity index (χ0v) is 17.3. The summed E-state index contributed by atoms with van der Waals surface area (Å²) in [6.45, 7) is 1.44. The van der Waals surface area contributed by atoms with Crippen molar-refractivity contribution < 1.29 is 4.79 Å². The number of benzene rings is 2. The third-order valence-electron chi connectivity index (χ3n) is 4.99. The molecule has 0 heterocycles. The molecule has 3 rings (SSSR count). The molecule has 1 fully saturated rings. The lowest BCUT2D eigenvalue weighted by Crippen LogP contribution is -2.41. The van der Waals surface area contributed by atoms with Crippen molar-refractivity contribution in [2.45, 2.75) is 24.8 Å². The predicted octanol–water partition coefficient (Wildman–Crippen LogP) is 3.21. The molecular formula is C21H25BrN4O. The number of hydrogen-bond donors (Lipinski definition) is 3. The van der Waals surface area contributed by atoms with Gasteiger partial charge >= 0.3 is 0 Å². The number of hydrogen-bond acceptors (Lipinski definition) is 2. The van der Waals surface area contributed by atoms with E-state index in [0.717, 1.165) is 18.1 Å². The number of nitrogens with one attached hydrogen (secondary N) is 3. The van der Waals surface area contributed by atoms with Crippen LogP contribution in [0.1, 0.15) is 34.3 Å². The summed E-state index contributed by atoms with van der Waals surface area (Å²) in [6, 6.07) is 16.0. The molecule has 0 unspecified atom stereocenters. The number of carbonyl (C=O) groups is 1. The second-order valence-electron chi connectivity index (χ2n) is 6.82. The van der Waals surface area contributed by atoms with E-state index in [2.05, 4.69) is 55.1 Å². The molecule has 1 aliphatic carbocycles. The van der Waals surface area contributed by atoms with Gasteiger partial charge in [-0.25, -0.2) is 0 Å². The Kier molecular flexibility index (Phi) is 6.16. The largest absolute Gasteiger partial charge is 0.356 e. The molecule has 2 aromatic rings. The molecule has 5 nitrogen and oxygen atoms in total. The van der Waals surface area contributed by atoms with Gasteiger partial charge in [-0.05, 0) is 42.2 Å². The number of aliphatic imine (C=N–C) groups is 1. The summed E-state index contributed by atoms with van der Waals surface area (Å²) in [4.78, 5) is 16.1. The number of carbonyl (C=O) groups excluding carboxylic acids is 1. The second kappa shape index (κ2) is 8.57. The smallest absolute Gasteiger partial charge is 0.251 e. The van der Waals surface area contributed by atoms with Crippen molar-refractivity contribution in [3.8, 4) is 0 Å². The average molecular weight is 429 g/mol. The van der Waals surface area contributed by atoms with Crippen molar-refractivity contribution in [1.29, 1.82) is 0 Å². The van der Waals surface area contributed by atoms with Crippen molar-refractivity contribution in [2.75, 3.05) is 20.6 Å². The summed E-state index contributed by atoms with van der Waals surface area (Å²) in [5.74, 6) is 0.683. The normalized spacial score (nSPS) is 15.1. The minimum absolute atomic E-state index is 0.0801. The Balaban J connectivity index is 1.58. The van der Waals surface area contributed by atoms with Crippen molar-refractivity contribution in [2.24, 2.45) is 4.99 Å². The molecule has 0 aliphatic heterocycles. The van der Waals surface area contributed by atoms with Gasteiger partial charge < -0.3 is 16.0 Å². The van der Waals surface area contributed by atoms with Crippen LogP contribution in [0, 0.1) is 0 Å². The average Bonchev–Trinajstić information content (AvgIpc) is 3.49. The molecule has 0 spiro atoms. The molecule has 1 saturated carbocycles. The first-order valence-electron chi connectivity index (χ1n) is 9.08. The summed E-state index contributed by atoms with van der Waals surface area (Å²) >= 11 is 3.68. The molecule has 0 radical (unpaired) electrons. The fourth-order valence-electron chi connectivity index (χ4n) is 3.21. The van der Waals surface area contributed by atoms with Gasteiger partial charge in [-0.3, -0.25) is 9.79 Å². The van der Waals surface area contributed by atoms with Crippen LogP contribution < -0.4 is 16.0 Å². The number of amides is 1. The molecule has 0 atom stereocenters. The zero-order chi connectivity index (χ0) is 19.3. The van der Waals surface area contributed by atoms with Gasteiger partial charge in [0, 0.05) is 42.6 Å². The van der Waals surface area contributed by atoms with Crippen molar-refractivity contribution >= 4 is 27.8 Å². The molecule has 27 heavy (non-hydrogen) atoms. The predicted molar refractivity (Wildman–Crippen MR) is 113 cm³/mol. The SMILES string of the molecule is CN=C(NCc1cccc(C(=O)NC)c1)NCC1(c2ccccc2Br)CC1. The zero-order valence-electron chi connectivity index (χ0n) is 15.7. The molecular weight excluding hydrogens is 404 g/mol. The lowest BCUT2D eigenvalue weighted by atomic mass is 9.96. The first kappa shape index (κ1) is 19.4. The molecule has 1 amide bonds. The van der Waals surface area contributed by atoms with E-state index in [1.165, 1.54) is 22.9 Å². The first-order valence-corrected chi connectivity index (χ1v) is 9.88. The molecule has 0 aromatic heterocycles. The van der Waals surface area contributed by atoms with Crippen LogP contribution in [0.3, 0.4) is 0 Å². The van der Waals surface area contributed by atoms with E-state index in [1.54, 1.807) is 14.1 Å². The summed E-state index contributed by atoms with van der Waals surface area (Å²) < 4.78 is 1.17. The quantitative estimate of drug-likeness (QED) is 0.488. The van der Waals surface area contributed by atoms with E-state index in [9.17, 15) is 4.79 Å². The highest BCUT2D eigenvalue weighted by molar-refractivity contribution is 9.10. The Morgan fingerprint density at radius 2 is 1.93 bits per heavy atom. The summed E-state index contributed by atoms with van der Waals surface area (Å²) in [5, 5.41) is 9.44. The van der Waals surface area contributed by atoms with Gasteiger partial charge in [-0.1, -0.05) is 46.3 Å². The minimum Gasteiger partial charge on any atom is -0.356 e. The van der Waals surface area contributed by atoms with E-state index in [-0.39, 0.29) is 11.3 Å². The molecule has 2 aromatic carbocycles. The van der Waals surface area contributed by atoms with Gasteiger partial charge in [0.05, 0.1) is 0 Å². The molecule has 1 aliphatic rings. The third kappa shape index (κ3) is 4.69. The number of halogens is 1. The monoisotopic (exact) mass is 428 g/mol. The maximum atomic E-state index is 11.8. The van der Waals surface area contributed by atoms with E-state index in [1.807, 2.05) is 30.3 Å².